The maximum absolute atomic E-state index is 12.1. The molecule has 21 heavy (non-hydrogen) atoms. The van der Waals surface area contributed by atoms with E-state index >= 15 is 0 Å². The fraction of sp³-hybridized carbons (Fsp3) is 0.615. The van der Waals surface area contributed by atoms with Crippen LogP contribution in [0.1, 0.15) is 19.3 Å². The monoisotopic (exact) mass is 333 g/mol. The van der Waals surface area contributed by atoms with Crippen LogP contribution in [0, 0.1) is 0 Å². The van der Waals surface area contributed by atoms with E-state index in [1.165, 1.54) is 25.8 Å². The number of ether oxygens (including phenoxy) is 1. The zero-order chi connectivity index (χ0) is 15.3. The Hall–Kier alpha value is -0.890. The molecule has 1 aliphatic rings. The van der Waals surface area contributed by atoms with Gasteiger partial charge < -0.3 is 9.64 Å². The van der Waals surface area contributed by atoms with Crippen molar-refractivity contribution in [3.63, 3.8) is 0 Å². The third-order valence-electron chi connectivity index (χ3n) is 3.36. The van der Waals surface area contributed by atoms with Gasteiger partial charge in [0, 0.05) is 32.9 Å². The second-order valence-corrected chi connectivity index (χ2v) is 7.09. The normalized spacial score (nSPS) is 16.2. The van der Waals surface area contributed by atoms with Crippen molar-refractivity contribution in [3.8, 4) is 0 Å². The summed E-state index contributed by atoms with van der Waals surface area (Å²) in [6.07, 6.45) is 4.78. The minimum absolute atomic E-state index is 0.0735. The molecule has 1 aromatic heterocycles. The molecule has 0 aliphatic carbocycles. The number of halogens is 1. The molecular weight excluding hydrogens is 314 g/mol. The molecule has 1 fully saturated rings. The molecule has 8 heteroatoms. The van der Waals surface area contributed by atoms with E-state index < -0.39 is 10.0 Å². The fourth-order valence-corrected chi connectivity index (χ4v) is 3.59. The average Bonchev–Trinajstić information content (AvgIpc) is 2.48. The summed E-state index contributed by atoms with van der Waals surface area (Å²) in [5, 5.41) is 0.367. The molecule has 2 rings (SSSR count). The van der Waals surface area contributed by atoms with Crippen LogP contribution in [0.15, 0.2) is 17.2 Å². The SMILES string of the molecule is COCCNS(=O)(=O)c1cnc(N2CCCCC2)c(Cl)c1. The number of pyridine rings is 1. The molecule has 1 aromatic rings. The Morgan fingerprint density at radius 2 is 2.10 bits per heavy atom. The summed E-state index contributed by atoms with van der Waals surface area (Å²) >= 11 is 6.21. The van der Waals surface area contributed by atoms with Crippen LogP contribution in [0.2, 0.25) is 5.02 Å². The lowest BCUT2D eigenvalue weighted by molar-refractivity contribution is 0.204. The molecule has 0 bridgehead atoms. The Morgan fingerprint density at radius 3 is 2.71 bits per heavy atom. The minimum Gasteiger partial charge on any atom is -0.383 e. The molecule has 0 spiro atoms. The van der Waals surface area contributed by atoms with Gasteiger partial charge in [-0.25, -0.2) is 18.1 Å². The summed E-state index contributed by atoms with van der Waals surface area (Å²) in [7, 11) is -2.08. The van der Waals surface area contributed by atoms with E-state index in [2.05, 4.69) is 14.6 Å². The summed E-state index contributed by atoms with van der Waals surface area (Å²) in [6.45, 7) is 2.34. The van der Waals surface area contributed by atoms with Crippen molar-refractivity contribution in [2.24, 2.45) is 0 Å². The van der Waals surface area contributed by atoms with Crippen LogP contribution in [-0.2, 0) is 14.8 Å². The highest BCUT2D eigenvalue weighted by Crippen LogP contribution is 2.27. The van der Waals surface area contributed by atoms with Crippen molar-refractivity contribution in [2.75, 3.05) is 38.3 Å². The first-order valence-corrected chi connectivity index (χ1v) is 8.80. The fourth-order valence-electron chi connectivity index (χ4n) is 2.26. The molecule has 0 amide bonds. The molecule has 6 nitrogen and oxygen atoms in total. The molecule has 118 valence electrons. The van der Waals surface area contributed by atoms with E-state index in [-0.39, 0.29) is 11.4 Å². The topological polar surface area (TPSA) is 71.5 Å². The highest BCUT2D eigenvalue weighted by molar-refractivity contribution is 7.89. The standard InChI is InChI=1S/C13H20ClN3O3S/c1-20-8-5-16-21(18,19)11-9-12(14)13(15-10-11)17-6-3-2-4-7-17/h9-10,16H,2-8H2,1H3. The highest BCUT2D eigenvalue weighted by Gasteiger charge is 2.19. The van der Waals surface area contributed by atoms with Crippen LogP contribution in [0.25, 0.3) is 0 Å². The molecule has 0 saturated carbocycles. The van der Waals surface area contributed by atoms with Crippen LogP contribution < -0.4 is 9.62 Å². The van der Waals surface area contributed by atoms with Crippen molar-refractivity contribution in [2.45, 2.75) is 24.2 Å². The number of methoxy groups -OCH3 is 1. The number of piperidine rings is 1. The number of hydrogen-bond donors (Lipinski definition) is 1. The van der Waals surface area contributed by atoms with Crippen molar-refractivity contribution in [3.05, 3.63) is 17.3 Å². The number of sulfonamides is 1. The molecule has 0 aromatic carbocycles. The van der Waals surface area contributed by atoms with Gasteiger partial charge in [-0.05, 0) is 25.3 Å². The van der Waals surface area contributed by atoms with E-state index in [4.69, 9.17) is 16.3 Å². The first-order chi connectivity index (χ1) is 10.0. The summed E-state index contributed by atoms with van der Waals surface area (Å²) < 4.78 is 31.4. The number of nitrogens with zero attached hydrogens (tertiary/aromatic N) is 2. The van der Waals surface area contributed by atoms with E-state index in [9.17, 15) is 8.42 Å². The highest BCUT2D eigenvalue weighted by atomic mass is 35.5. The largest absolute Gasteiger partial charge is 0.383 e. The maximum atomic E-state index is 12.1. The number of hydrogen-bond acceptors (Lipinski definition) is 5. The zero-order valence-corrected chi connectivity index (χ0v) is 13.6. The van der Waals surface area contributed by atoms with Crippen molar-refractivity contribution in [1.82, 2.24) is 9.71 Å². The van der Waals surface area contributed by atoms with Gasteiger partial charge in [-0.3, -0.25) is 0 Å². The van der Waals surface area contributed by atoms with E-state index in [1.54, 1.807) is 0 Å². The second kappa shape index (κ2) is 7.40. The van der Waals surface area contributed by atoms with E-state index in [0.29, 0.717) is 17.4 Å². The predicted octanol–water partition coefficient (Wildman–Crippen LogP) is 1.65. The van der Waals surface area contributed by atoms with Gasteiger partial charge in [0.2, 0.25) is 10.0 Å². The third-order valence-corrected chi connectivity index (χ3v) is 5.07. The number of anilines is 1. The minimum atomic E-state index is -3.60. The molecule has 1 N–H and O–H groups in total. The van der Waals surface area contributed by atoms with Gasteiger partial charge >= 0.3 is 0 Å². The summed E-state index contributed by atoms with van der Waals surface area (Å²) in [5.41, 5.74) is 0. The Labute approximate surface area is 130 Å². The number of aromatic nitrogens is 1. The Kier molecular flexibility index (Phi) is 5.80. The molecule has 1 aliphatic heterocycles. The molecular formula is C13H20ClN3O3S. The third kappa shape index (κ3) is 4.29. The maximum Gasteiger partial charge on any atom is 0.242 e. The van der Waals surface area contributed by atoms with E-state index in [1.807, 2.05) is 0 Å². The Morgan fingerprint density at radius 1 is 1.38 bits per heavy atom. The van der Waals surface area contributed by atoms with Crippen LogP contribution >= 0.6 is 11.6 Å². The Bertz CT molecular complexity index is 574. The van der Waals surface area contributed by atoms with Gasteiger partial charge in [0.05, 0.1) is 11.6 Å². The molecule has 0 atom stereocenters. The zero-order valence-electron chi connectivity index (χ0n) is 12.0. The first kappa shape index (κ1) is 16.5. The van der Waals surface area contributed by atoms with E-state index in [0.717, 1.165) is 25.9 Å². The van der Waals surface area contributed by atoms with Gasteiger partial charge in [0.25, 0.3) is 0 Å². The molecule has 0 radical (unpaired) electrons. The quantitative estimate of drug-likeness (QED) is 0.801. The summed E-state index contributed by atoms with van der Waals surface area (Å²) in [4.78, 5) is 6.41. The predicted molar refractivity (Wildman–Crippen MR) is 82.4 cm³/mol. The van der Waals surface area contributed by atoms with Crippen LogP contribution in [0.3, 0.4) is 0 Å². The van der Waals surface area contributed by atoms with Gasteiger partial charge in [0.1, 0.15) is 10.7 Å². The van der Waals surface area contributed by atoms with Gasteiger partial charge in [-0.2, -0.15) is 0 Å². The van der Waals surface area contributed by atoms with Crippen LogP contribution in [0.4, 0.5) is 5.82 Å². The number of rotatable bonds is 6. The van der Waals surface area contributed by atoms with Crippen molar-refractivity contribution in [1.29, 1.82) is 0 Å². The molecule has 2 heterocycles. The van der Waals surface area contributed by atoms with Gasteiger partial charge in [0.15, 0.2) is 0 Å². The summed E-state index contributed by atoms with van der Waals surface area (Å²) in [6, 6.07) is 1.45. The Balaban J connectivity index is 2.14. The average molecular weight is 334 g/mol. The lowest BCUT2D eigenvalue weighted by atomic mass is 10.1. The van der Waals surface area contributed by atoms with Gasteiger partial charge in [-0.15, -0.1) is 0 Å². The number of nitrogens with one attached hydrogen (secondary N) is 1. The van der Waals surface area contributed by atoms with Crippen LogP contribution in [-0.4, -0.2) is 46.8 Å². The second-order valence-electron chi connectivity index (χ2n) is 4.91. The lowest BCUT2D eigenvalue weighted by Gasteiger charge is -2.28. The smallest absolute Gasteiger partial charge is 0.242 e. The molecule has 0 unspecified atom stereocenters. The molecule has 1 saturated heterocycles. The van der Waals surface area contributed by atoms with Gasteiger partial charge in [-0.1, -0.05) is 11.6 Å². The van der Waals surface area contributed by atoms with Crippen molar-refractivity contribution >= 4 is 27.4 Å². The first-order valence-electron chi connectivity index (χ1n) is 6.93. The van der Waals surface area contributed by atoms with Crippen LogP contribution in [0.5, 0.6) is 0 Å². The summed E-state index contributed by atoms with van der Waals surface area (Å²) in [5.74, 6) is 0.659. The van der Waals surface area contributed by atoms with Crippen molar-refractivity contribution < 1.29 is 13.2 Å². The lowest BCUT2D eigenvalue weighted by Crippen LogP contribution is -2.31.